The van der Waals surface area contributed by atoms with Gasteiger partial charge in [-0.15, -0.1) is 0 Å². The van der Waals surface area contributed by atoms with Crippen LogP contribution in [0.3, 0.4) is 0 Å². The summed E-state index contributed by atoms with van der Waals surface area (Å²) >= 11 is 1.20. The number of aliphatic imine (C=N–C) groups is 2. The molecule has 9 heteroatoms. The Morgan fingerprint density at radius 2 is 1.83 bits per heavy atom. The van der Waals surface area contributed by atoms with E-state index in [-0.39, 0.29) is 35.9 Å². The van der Waals surface area contributed by atoms with Gasteiger partial charge in [0.25, 0.3) is 5.91 Å². The first-order valence-corrected chi connectivity index (χ1v) is 12.8. The summed E-state index contributed by atoms with van der Waals surface area (Å²) in [7, 11) is 0. The van der Waals surface area contributed by atoms with E-state index in [4.69, 9.17) is 0 Å². The van der Waals surface area contributed by atoms with Crippen molar-refractivity contribution in [1.82, 2.24) is 15.5 Å². The molecule has 8 nitrogen and oxygen atoms in total. The average Bonchev–Trinajstić information content (AvgIpc) is 3.19. The van der Waals surface area contributed by atoms with Gasteiger partial charge in [0.2, 0.25) is 11.8 Å². The van der Waals surface area contributed by atoms with Crippen molar-refractivity contribution in [3.8, 4) is 0 Å². The van der Waals surface area contributed by atoms with Gasteiger partial charge in [-0.25, -0.2) is 9.89 Å². The Morgan fingerprint density at radius 1 is 1.09 bits per heavy atom. The number of fused-ring (bicyclic) bond motifs is 3. The van der Waals surface area contributed by atoms with Crippen LogP contribution in [-0.4, -0.2) is 58.0 Å². The first-order chi connectivity index (χ1) is 17.0. The maximum Gasteiger partial charge on any atom is 0.259 e. The van der Waals surface area contributed by atoms with Gasteiger partial charge in [-0.3, -0.25) is 19.4 Å². The van der Waals surface area contributed by atoms with E-state index >= 15 is 0 Å². The van der Waals surface area contributed by atoms with E-state index in [2.05, 4.69) is 20.6 Å². The van der Waals surface area contributed by atoms with Crippen molar-refractivity contribution >= 4 is 46.2 Å². The number of para-hydroxylation sites is 1. The van der Waals surface area contributed by atoms with E-state index in [1.165, 1.54) is 16.7 Å². The second-order valence-electron chi connectivity index (χ2n) is 8.51. The third-order valence-electron chi connectivity index (χ3n) is 5.86. The highest BCUT2D eigenvalue weighted by molar-refractivity contribution is 8.14. The molecule has 0 fully saturated rings. The van der Waals surface area contributed by atoms with Gasteiger partial charge < -0.3 is 10.6 Å². The minimum Gasteiger partial charge on any atom is -0.356 e. The summed E-state index contributed by atoms with van der Waals surface area (Å²) in [6, 6.07) is 16.6. The minimum absolute atomic E-state index is 0.0394. The zero-order valence-corrected chi connectivity index (χ0v) is 20.7. The fourth-order valence-electron chi connectivity index (χ4n) is 3.82. The zero-order valence-electron chi connectivity index (χ0n) is 19.9. The smallest absolute Gasteiger partial charge is 0.259 e. The first kappa shape index (κ1) is 24.7. The number of rotatable bonds is 9. The van der Waals surface area contributed by atoms with E-state index in [0.717, 1.165) is 17.5 Å². The molecule has 0 aliphatic carbocycles. The van der Waals surface area contributed by atoms with Gasteiger partial charge in [-0.05, 0) is 37.5 Å². The molecule has 0 saturated carbocycles. The fourth-order valence-corrected chi connectivity index (χ4v) is 4.63. The highest BCUT2D eigenvalue weighted by atomic mass is 32.2. The molecule has 0 unspecified atom stereocenters. The van der Waals surface area contributed by atoms with Gasteiger partial charge in [0.1, 0.15) is 11.9 Å². The van der Waals surface area contributed by atoms with Crippen LogP contribution in [0.4, 0.5) is 5.69 Å². The molecule has 2 aromatic carbocycles. The molecule has 0 aromatic heterocycles. The number of amides is 3. The summed E-state index contributed by atoms with van der Waals surface area (Å²) in [5.74, 6) is -0.0393. The van der Waals surface area contributed by atoms with Gasteiger partial charge in [-0.2, -0.15) is 0 Å². The minimum atomic E-state index is -0.826. The predicted molar refractivity (Wildman–Crippen MR) is 139 cm³/mol. The number of nitrogens with one attached hydrogen (secondary N) is 2. The zero-order chi connectivity index (χ0) is 24.8. The van der Waals surface area contributed by atoms with Crippen molar-refractivity contribution in [2.45, 2.75) is 45.2 Å². The maximum atomic E-state index is 13.3. The van der Waals surface area contributed by atoms with Crippen LogP contribution in [0, 0.1) is 0 Å². The standard InChI is InChI=1S/C26H29N5O3S/c1-3-17(2)28-23(33)16-35-26-30-20-12-8-7-11-19(20)24-29-21(25(34)31(24)26)15-22(32)27-14-13-18-9-5-4-6-10-18/h4-12,17,21H,3,13-16H2,1-2H3,(H,27,32)(H,28,33)/t17-,21-/m1/s1. The number of amidine groups is 2. The molecule has 0 bridgehead atoms. The molecule has 2 atom stereocenters. The normalized spacial score (nSPS) is 17.1. The molecule has 2 heterocycles. The SMILES string of the molecule is CC[C@@H](C)NC(=O)CSC1=Nc2ccccc2C2=N[C@H](CC(=O)NCCc3ccccc3)C(=O)N12. The van der Waals surface area contributed by atoms with Crippen molar-refractivity contribution in [2.24, 2.45) is 9.98 Å². The summed E-state index contributed by atoms with van der Waals surface area (Å²) in [6.45, 7) is 4.44. The Kier molecular flexibility index (Phi) is 7.97. The van der Waals surface area contributed by atoms with Crippen molar-refractivity contribution in [2.75, 3.05) is 12.3 Å². The summed E-state index contributed by atoms with van der Waals surface area (Å²) < 4.78 is 0. The molecule has 0 spiro atoms. The number of hydrogen-bond acceptors (Lipinski definition) is 6. The van der Waals surface area contributed by atoms with Crippen molar-refractivity contribution in [3.05, 3.63) is 65.7 Å². The van der Waals surface area contributed by atoms with E-state index in [0.29, 0.717) is 29.7 Å². The summed E-state index contributed by atoms with van der Waals surface area (Å²) in [5, 5.41) is 6.21. The summed E-state index contributed by atoms with van der Waals surface area (Å²) in [4.78, 5) is 48.9. The molecule has 2 N–H and O–H groups in total. The topological polar surface area (TPSA) is 103 Å². The molecular weight excluding hydrogens is 462 g/mol. The molecule has 0 saturated heterocycles. The lowest BCUT2D eigenvalue weighted by molar-refractivity contribution is -0.128. The Bertz CT molecular complexity index is 1160. The summed E-state index contributed by atoms with van der Waals surface area (Å²) in [5.41, 5.74) is 2.56. The monoisotopic (exact) mass is 491 g/mol. The highest BCUT2D eigenvalue weighted by Gasteiger charge is 2.42. The number of hydrogen-bond donors (Lipinski definition) is 2. The molecule has 4 rings (SSSR count). The number of nitrogens with zero attached hydrogens (tertiary/aromatic N) is 3. The largest absolute Gasteiger partial charge is 0.356 e. The van der Waals surface area contributed by atoms with Crippen LogP contribution in [0.1, 0.15) is 37.8 Å². The third kappa shape index (κ3) is 5.97. The number of carbonyl (C=O) groups is 3. The Balaban J connectivity index is 1.43. The molecular formula is C26H29N5O3S. The Morgan fingerprint density at radius 3 is 2.60 bits per heavy atom. The van der Waals surface area contributed by atoms with Gasteiger partial charge in [0.05, 0.1) is 17.9 Å². The van der Waals surface area contributed by atoms with E-state index < -0.39 is 6.04 Å². The Labute approximate surface area is 209 Å². The molecule has 35 heavy (non-hydrogen) atoms. The van der Waals surface area contributed by atoms with Gasteiger partial charge >= 0.3 is 0 Å². The molecule has 3 amide bonds. The average molecular weight is 492 g/mol. The van der Waals surface area contributed by atoms with Crippen molar-refractivity contribution in [1.29, 1.82) is 0 Å². The lowest BCUT2D eigenvalue weighted by atomic mass is 10.1. The molecule has 2 aliphatic heterocycles. The number of carbonyl (C=O) groups excluding carboxylic acids is 3. The summed E-state index contributed by atoms with van der Waals surface area (Å²) in [6.07, 6.45) is 1.51. The number of benzene rings is 2. The van der Waals surface area contributed by atoms with Gasteiger partial charge in [-0.1, -0.05) is 61.2 Å². The Hall–Kier alpha value is -3.46. The molecule has 2 aliphatic rings. The highest BCUT2D eigenvalue weighted by Crippen LogP contribution is 2.34. The van der Waals surface area contributed by atoms with Crippen LogP contribution >= 0.6 is 11.8 Å². The van der Waals surface area contributed by atoms with E-state index in [1.54, 1.807) is 0 Å². The molecule has 0 radical (unpaired) electrons. The first-order valence-electron chi connectivity index (χ1n) is 11.8. The second-order valence-corrected chi connectivity index (χ2v) is 9.45. The fraction of sp³-hybridized carbons (Fsp3) is 0.346. The lowest BCUT2D eigenvalue weighted by Gasteiger charge is -2.25. The lowest BCUT2D eigenvalue weighted by Crippen LogP contribution is -2.42. The van der Waals surface area contributed by atoms with Gasteiger partial charge in [0.15, 0.2) is 5.17 Å². The van der Waals surface area contributed by atoms with Gasteiger partial charge in [0, 0.05) is 18.2 Å². The van der Waals surface area contributed by atoms with Crippen LogP contribution in [-0.2, 0) is 20.8 Å². The predicted octanol–water partition coefficient (Wildman–Crippen LogP) is 3.04. The van der Waals surface area contributed by atoms with Crippen LogP contribution in [0.25, 0.3) is 0 Å². The second kappa shape index (κ2) is 11.3. The maximum absolute atomic E-state index is 13.3. The molecule has 182 valence electrons. The quantitative estimate of drug-likeness (QED) is 0.563. The van der Waals surface area contributed by atoms with E-state index in [1.807, 2.05) is 68.4 Å². The van der Waals surface area contributed by atoms with Crippen molar-refractivity contribution < 1.29 is 14.4 Å². The van der Waals surface area contributed by atoms with Crippen LogP contribution < -0.4 is 10.6 Å². The third-order valence-corrected chi connectivity index (χ3v) is 6.80. The number of thioether (sulfide) groups is 1. The van der Waals surface area contributed by atoms with Crippen LogP contribution in [0.2, 0.25) is 0 Å². The van der Waals surface area contributed by atoms with E-state index in [9.17, 15) is 14.4 Å². The van der Waals surface area contributed by atoms with Crippen LogP contribution in [0.15, 0.2) is 64.6 Å². The molecule has 2 aromatic rings. The van der Waals surface area contributed by atoms with Crippen LogP contribution in [0.5, 0.6) is 0 Å². The van der Waals surface area contributed by atoms with Crippen molar-refractivity contribution in [3.63, 3.8) is 0 Å².